The molecule has 1 unspecified atom stereocenters. The largest absolute Gasteiger partial charge is 0.399 e. The van der Waals surface area contributed by atoms with Crippen LogP contribution < -0.4 is 11.1 Å². The fraction of sp³-hybridized carbons (Fsp3) is 0.533. The van der Waals surface area contributed by atoms with E-state index in [2.05, 4.69) is 17.1 Å². The zero-order valence-electron chi connectivity index (χ0n) is 12.2. The fourth-order valence-corrected chi connectivity index (χ4v) is 2.34. The zero-order chi connectivity index (χ0) is 14.5. The van der Waals surface area contributed by atoms with Gasteiger partial charge in [0.1, 0.15) is 0 Å². The molecule has 0 aromatic heterocycles. The number of amides is 1. The number of ether oxygens (including phenoxy) is 1. The second kappa shape index (κ2) is 6.72. The summed E-state index contributed by atoms with van der Waals surface area (Å²) in [6, 6.07) is 5.54. The Bertz CT molecular complexity index is 476. The summed E-state index contributed by atoms with van der Waals surface area (Å²) in [5.74, 6) is 0.0258. The summed E-state index contributed by atoms with van der Waals surface area (Å²) >= 11 is 0. The molecule has 1 fully saturated rings. The molecular formula is C15H23N3O2. The minimum atomic E-state index is 0.0258. The SMILES string of the molecule is Cc1ccc(N)cc1NC(=O)CCN1CCOC(C)C1. The van der Waals surface area contributed by atoms with E-state index in [1.165, 1.54) is 0 Å². The van der Waals surface area contributed by atoms with E-state index in [0.717, 1.165) is 37.5 Å². The Kier molecular flexibility index (Phi) is 4.98. The number of carbonyl (C=O) groups excluding carboxylic acids is 1. The molecule has 1 atom stereocenters. The normalized spacial score (nSPS) is 19.8. The summed E-state index contributed by atoms with van der Waals surface area (Å²) in [5, 5.41) is 2.92. The van der Waals surface area contributed by atoms with E-state index < -0.39 is 0 Å². The number of nitrogen functional groups attached to an aromatic ring is 1. The molecule has 110 valence electrons. The van der Waals surface area contributed by atoms with Crippen LogP contribution in [0.3, 0.4) is 0 Å². The maximum absolute atomic E-state index is 12.0. The number of nitrogens with two attached hydrogens (primary N) is 1. The van der Waals surface area contributed by atoms with E-state index in [9.17, 15) is 4.79 Å². The Hall–Kier alpha value is -1.59. The van der Waals surface area contributed by atoms with Gasteiger partial charge >= 0.3 is 0 Å². The maximum atomic E-state index is 12.0. The lowest BCUT2D eigenvalue weighted by atomic mass is 10.1. The van der Waals surface area contributed by atoms with Gasteiger partial charge in [-0.3, -0.25) is 9.69 Å². The molecule has 1 aliphatic rings. The van der Waals surface area contributed by atoms with E-state index in [0.29, 0.717) is 12.1 Å². The van der Waals surface area contributed by atoms with Crippen molar-refractivity contribution in [2.75, 3.05) is 37.3 Å². The van der Waals surface area contributed by atoms with Crippen LogP contribution in [0.15, 0.2) is 18.2 Å². The first-order valence-corrected chi connectivity index (χ1v) is 7.04. The number of carbonyl (C=O) groups is 1. The molecule has 0 saturated carbocycles. The molecule has 1 aromatic carbocycles. The summed E-state index contributed by atoms with van der Waals surface area (Å²) in [7, 11) is 0. The van der Waals surface area contributed by atoms with Gasteiger partial charge in [-0.05, 0) is 31.5 Å². The van der Waals surface area contributed by atoms with Crippen LogP contribution in [0.1, 0.15) is 18.9 Å². The van der Waals surface area contributed by atoms with Gasteiger partial charge in [-0.1, -0.05) is 6.07 Å². The van der Waals surface area contributed by atoms with Crippen molar-refractivity contribution in [1.29, 1.82) is 0 Å². The average Bonchev–Trinajstić information content (AvgIpc) is 2.41. The third-order valence-electron chi connectivity index (χ3n) is 3.52. The van der Waals surface area contributed by atoms with Gasteiger partial charge in [-0.25, -0.2) is 0 Å². The molecule has 1 aliphatic heterocycles. The van der Waals surface area contributed by atoms with Gasteiger partial charge in [-0.2, -0.15) is 0 Å². The molecular weight excluding hydrogens is 254 g/mol. The van der Waals surface area contributed by atoms with E-state index in [4.69, 9.17) is 10.5 Å². The van der Waals surface area contributed by atoms with Crippen molar-refractivity contribution in [2.45, 2.75) is 26.4 Å². The number of anilines is 2. The van der Waals surface area contributed by atoms with Crippen LogP contribution in [0.4, 0.5) is 11.4 Å². The van der Waals surface area contributed by atoms with Gasteiger partial charge < -0.3 is 15.8 Å². The van der Waals surface area contributed by atoms with Crippen LogP contribution in [-0.4, -0.2) is 43.2 Å². The van der Waals surface area contributed by atoms with Crippen molar-refractivity contribution in [3.63, 3.8) is 0 Å². The number of morpholine rings is 1. The first-order chi connectivity index (χ1) is 9.54. The fourth-order valence-electron chi connectivity index (χ4n) is 2.34. The van der Waals surface area contributed by atoms with E-state index in [-0.39, 0.29) is 12.0 Å². The average molecular weight is 277 g/mol. The van der Waals surface area contributed by atoms with Crippen LogP contribution in [0.2, 0.25) is 0 Å². The van der Waals surface area contributed by atoms with Crippen molar-refractivity contribution < 1.29 is 9.53 Å². The van der Waals surface area contributed by atoms with Crippen LogP contribution in [0.5, 0.6) is 0 Å². The standard InChI is InChI=1S/C15H23N3O2/c1-11-3-4-13(16)9-14(11)17-15(19)5-6-18-7-8-20-12(2)10-18/h3-4,9,12H,5-8,10,16H2,1-2H3,(H,17,19). The van der Waals surface area contributed by atoms with E-state index >= 15 is 0 Å². The van der Waals surface area contributed by atoms with Crippen molar-refractivity contribution in [3.05, 3.63) is 23.8 Å². The van der Waals surface area contributed by atoms with E-state index in [1.54, 1.807) is 6.07 Å². The Morgan fingerprint density at radius 2 is 2.35 bits per heavy atom. The van der Waals surface area contributed by atoms with Crippen LogP contribution in [0, 0.1) is 6.92 Å². The summed E-state index contributed by atoms with van der Waals surface area (Å²) in [6.07, 6.45) is 0.740. The molecule has 1 saturated heterocycles. The summed E-state index contributed by atoms with van der Waals surface area (Å²) in [5.41, 5.74) is 8.21. The van der Waals surface area contributed by atoms with Crippen molar-refractivity contribution in [2.24, 2.45) is 0 Å². The molecule has 0 bridgehead atoms. The summed E-state index contributed by atoms with van der Waals surface area (Å²) < 4.78 is 5.48. The van der Waals surface area contributed by atoms with Gasteiger partial charge in [0.05, 0.1) is 12.7 Å². The molecule has 5 heteroatoms. The highest BCUT2D eigenvalue weighted by atomic mass is 16.5. The molecule has 5 nitrogen and oxygen atoms in total. The summed E-state index contributed by atoms with van der Waals surface area (Å²) in [6.45, 7) is 7.32. The van der Waals surface area contributed by atoms with Crippen LogP contribution in [-0.2, 0) is 9.53 Å². The molecule has 0 aliphatic carbocycles. The monoisotopic (exact) mass is 277 g/mol. The second-order valence-corrected chi connectivity index (χ2v) is 5.35. The molecule has 3 N–H and O–H groups in total. The number of hydrogen-bond donors (Lipinski definition) is 2. The van der Waals surface area contributed by atoms with Gasteiger partial charge in [0.15, 0.2) is 0 Å². The van der Waals surface area contributed by atoms with Crippen LogP contribution in [0.25, 0.3) is 0 Å². The van der Waals surface area contributed by atoms with Gasteiger partial charge in [0.2, 0.25) is 5.91 Å². The molecule has 1 amide bonds. The maximum Gasteiger partial charge on any atom is 0.225 e. The number of nitrogens with one attached hydrogen (secondary N) is 1. The first-order valence-electron chi connectivity index (χ1n) is 7.04. The van der Waals surface area contributed by atoms with Gasteiger partial charge in [-0.15, -0.1) is 0 Å². The minimum Gasteiger partial charge on any atom is -0.399 e. The Morgan fingerprint density at radius 3 is 3.10 bits per heavy atom. The molecule has 0 radical (unpaired) electrons. The van der Waals surface area contributed by atoms with E-state index in [1.807, 2.05) is 19.1 Å². The lowest BCUT2D eigenvalue weighted by Gasteiger charge is -2.30. The minimum absolute atomic E-state index is 0.0258. The van der Waals surface area contributed by atoms with Gasteiger partial charge in [0.25, 0.3) is 0 Å². The molecule has 1 heterocycles. The highest BCUT2D eigenvalue weighted by Crippen LogP contribution is 2.18. The van der Waals surface area contributed by atoms with Crippen molar-refractivity contribution in [3.8, 4) is 0 Å². The number of aryl methyl sites for hydroxylation is 1. The highest BCUT2D eigenvalue weighted by Gasteiger charge is 2.17. The topological polar surface area (TPSA) is 67.6 Å². The first kappa shape index (κ1) is 14.8. The Morgan fingerprint density at radius 1 is 1.55 bits per heavy atom. The lowest BCUT2D eigenvalue weighted by Crippen LogP contribution is -2.42. The highest BCUT2D eigenvalue weighted by molar-refractivity contribution is 5.92. The molecule has 2 rings (SSSR count). The molecule has 1 aromatic rings. The third kappa shape index (κ3) is 4.21. The van der Waals surface area contributed by atoms with Crippen molar-refractivity contribution >= 4 is 17.3 Å². The third-order valence-corrected chi connectivity index (χ3v) is 3.52. The number of hydrogen-bond acceptors (Lipinski definition) is 4. The van der Waals surface area contributed by atoms with Crippen LogP contribution >= 0.6 is 0 Å². The van der Waals surface area contributed by atoms with Gasteiger partial charge in [0, 0.05) is 37.4 Å². The number of rotatable bonds is 4. The smallest absolute Gasteiger partial charge is 0.225 e. The van der Waals surface area contributed by atoms with Crippen molar-refractivity contribution in [1.82, 2.24) is 4.90 Å². The Balaban J connectivity index is 1.82. The predicted molar refractivity (Wildman–Crippen MR) is 80.7 cm³/mol. The number of benzene rings is 1. The predicted octanol–water partition coefficient (Wildman–Crippen LogP) is 1.63. The lowest BCUT2D eigenvalue weighted by molar-refractivity contribution is -0.117. The second-order valence-electron chi connectivity index (χ2n) is 5.35. The number of nitrogens with zero attached hydrogens (tertiary/aromatic N) is 1. The quantitative estimate of drug-likeness (QED) is 0.821. The summed E-state index contributed by atoms with van der Waals surface area (Å²) in [4.78, 5) is 14.3. The Labute approximate surface area is 120 Å². The molecule has 0 spiro atoms. The zero-order valence-corrected chi connectivity index (χ0v) is 12.2. The molecule has 20 heavy (non-hydrogen) atoms.